The summed E-state index contributed by atoms with van der Waals surface area (Å²) in [5.74, 6) is 0.905. The summed E-state index contributed by atoms with van der Waals surface area (Å²) >= 11 is 0. The first-order chi connectivity index (χ1) is 11.4. The van der Waals surface area contributed by atoms with Gasteiger partial charge in [0.25, 0.3) is 0 Å². The number of phenols is 2. The largest absolute Gasteiger partial charge is 0.507 e. The molecule has 2 N–H and O–H groups in total. The number of aryl methyl sites for hydroxylation is 1. The van der Waals surface area contributed by atoms with Gasteiger partial charge in [0.05, 0.1) is 0 Å². The average molecular weight is 332 g/mol. The van der Waals surface area contributed by atoms with E-state index in [1.165, 1.54) is 18.6 Å². The Balaban J connectivity index is 2.34. The van der Waals surface area contributed by atoms with Crippen molar-refractivity contribution in [1.29, 1.82) is 0 Å². The van der Waals surface area contributed by atoms with Crippen LogP contribution in [0.1, 0.15) is 64.2 Å². The van der Waals surface area contributed by atoms with Crippen LogP contribution in [0.4, 0.5) is 0 Å². The van der Waals surface area contributed by atoms with Gasteiger partial charge in [0.2, 0.25) is 0 Å². The average Bonchev–Trinajstić information content (AvgIpc) is 2.50. The second-order valence-electron chi connectivity index (χ2n) is 6.92. The predicted octanol–water partition coefficient (Wildman–Crippen LogP) is 4.92. The van der Waals surface area contributed by atoms with Crippen molar-refractivity contribution in [2.24, 2.45) is 5.92 Å². The van der Waals surface area contributed by atoms with Crippen LogP contribution in [0.5, 0.6) is 11.5 Å². The minimum absolute atomic E-state index is 0.00747. The molecule has 0 spiro atoms. The van der Waals surface area contributed by atoms with Crippen molar-refractivity contribution >= 4 is 11.0 Å². The van der Waals surface area contributed by atoms with E-state index in [1.54, 1.807) is 0 Å². The van der Waals surface area contributed by atoms with Gasteiger partial charge in [0.15, 0.2) is 5.43 Å². The van der Waals surface area contributed by atoms with Crippen molar-refractivity contribution in [3.8, 4) is 11.5 Å². The summed E-state index contributed by atoms with van der Waals surface area (Å²) in [7, 11) is 0. The molecule has 1 aromatic carbocycles. The van der Waals surface area contributed by atoms with Crippen molar-refractivity contribution < 1.29 is 14.6 Å². The van der Waals surface area contributed by atoms with Gasteiger partial charge < -0.3 is 14.6 Å². The molecular formula is C20H28O4. The molecule has 0 aliphatic heterocycles. The molecule has 2 rings (SSSR count). The van der Waals surface area contributed by atoms with Gasteiger partial charge in [-0.25, -0.2) is 0 Å². The summed E-state index contributed by atoms with van der Waals surface area (Å²) in [4.78, 5) is 12.4. The summed E-state index contributed by atoms with van der Waals surface area (Å²) in [6, 6.07) is 2.93. The van der Waals surface area contributed by atoms with Crippen molar-refractivity contribution in [1.82, 2.24) is 0 Å². The molecule has 0 fully saturated rings. The molecule has 4 heteroatoms. The van der Waals surface area contributed by atoms with E-state index in [-0.39, 0.29) is 27.9 Å². The summed E-state index contributed by atoms with van der Waals surface area (Å²) in [5.41, 5.74) is 0.445. The Labute approximate surface area is 143 Å². The van der Waals surface area contributed by atoms with Crippen LogP contribution in [0.3, 0.4) is 0 Å². The minimum Gasteiger partial charge on any atom is -0.507 e. The first-order valence-corrected chi connectivity index (χ1v) is 8.94. The van der Waals surface area contributed by atoms with Gasteiger partial charge in [-0.3, -0.25) is 4.79 Å². The SMILES string of the molecule is CCCCCCc1cc(=O)c2c(O)c(CCC(C)C)c(O)cc2o1. The van der Waals surface area contributed by atoms with Crippen LogP contribution in [-0.4, -0.2) is 10.2 Å². The lowest BCUT2D eigenvalue weighted by atomic mass is 9.99. The Morgan fingerprint density at radius 2 is 1.83 bits per heavy atom. The maximum absolute atomic E-state index is 12.4. The first kappa shape index (κ1) is 18.4. The number of hydrogen-bond donors (Lipinski definition) is 2. The Morgan fingerprint density at radius 1 is 1.08 bits per heavy atom. The number of rotatable bonds is 8. The Kier molecular flexibility index (Phi) is 6.29. The van der Waals surface area contributed by atoms with E-state index in [2.05, 4.69) is 20.8 Å². The number of aromatic hydroxyl groups is 2. The zero-order valence-corrected chi connectivity index (χ0v) is 14.9. The molecule has 1 aromatic heterocycles. The van der Waals surface area contributed by atoms with Gasteiger partial charge in [-0.05, 0) is 25.2 Å². The van der Waals surface area contributed by atoms with Gasteiger partial charge in [-0.1, -0.05) is 40.0 Å². The quantitative estimate of drug-likeness (QED) is 0.673. The smallest absolute Gasteiger partial charge is 0.196 e. The van der Waals surface area contributed by atoms with Crippen molar-refractivity contribution in [2.45, 2.75) is 65.7 Å². The van der Waals surface area contributed by atoms with Gasteiger partial charge in [0, 0.05) is 24.1 Å². The molecule has 0 aliphatic carbocycles. The fraction of sp³-hybridized carbons (Fsp3) is 0.550. The van der Waals surface area contributed by atoms with Gasteiger partial charge in [-0.15, -0.1) is 0 Å². The zero-order chi connectivity index (χ0) is 17.7. The minimum atomic E-state index is -0.245. The van der Waals surface area contributed by atoms with Crippen LogP contribution in [-0.2, 0) is 12.8 Å². The second kappa shape index (κ2) is 8.22. The Bertz CT molecular complexity index is 743. The Hall–Kier alpha value is -1.97. The summed E-state index contributed by atoms with van der Waals surface area (Å²) < 4.78 is 5.75. The van der Waals surface area contributed by atoms with Crippen molar-refractivity contribution in [3.63, 3.8) is 0 Å². The molecule has 0 bridgehead atoms. The highest BCUT2D eigenvalue weighted by Gasteiger charge is 2.17. The molecule has 1 heterocycles. The number of hydrogen-bond acceptors (Lipinski definition) is 4. The van der Waals surface area contributed by atoms with E-state index in [1.807, 2.05) is 0 Å². The fourth-order valence-corrected chi connectivity index (χ4v) is 2.91. The normalized spacial score (nSPS) is 11.5. The lowest BCUT2D eigenvalue weighted by molar-refractivity contribution is 0.432. The molecule has 0 saturated heterocycles. The molecule has 2 aromatic rings. The highest BCUT2D eigenvalue weighted by atomic mass is 16.3. The number of phenolic OH excluding ortho intramolecular Hbond substituents is 2. The van der Waals surface area contributed by atoms with Crippen LogP contribution in [0, 0.1) is 5.92 Å². The molecule has 0 unspecified atom stereocenters. The van der Waals surface area contributed by atoms with Crippen LogP contribution >= 0.6 is 0 Å². The number of benzene rings is 1. The lowest BCUT2D eigenvalue weighted by Crippen LogP contribution is -2.04. The first-order valence-electron chi connectivity index (χ1n) is 8.94. The van der Waals surface area contributed by atoms with Crippen LogP contribution in [0.15, 0.2) is 21.3 Å². The van der Waals surface area contributed by atoms with E-state index in [9.17, 15) is 15.0 Å². The standard InChI is InChI=1S/C20H28O4/c1-4-5-6-7-8-14-11-17(22)19-18(24-14)12-16(21)15(20(19)23)10-9-13(2)3/h11-13,21,23H,4-10H2,1-3H3. The van der Waals surface area contributed by atoms with Gasteiger partial charge >= 0.3 is 0 Å². The van der Waals surface area contributed by atoms with E-state index in [0.717, 1.165) is 25.7 Å². The Morgan fingerprint density at radius 3 is 2.50 bits per heavy atom. The molecule has 0 saturated carbocycles. The van der Waals surface area contributed by atoms with Crippen molar-refractivity contribution in [3.05, 3.63) is 33.7 Å². The van der Waals surface area contributed by atoms with Crippen LogP contribution in [0.2, 0.25) is 0 Å². The third-order valence-corrected chi connectivity index (χ3v) is 4.37. The highest BCUT2D eigenvalue weighted by molar-refractivity contribution is 5.86. The summed E-state index contributed by atoms with van der Waals surface area (Å²) in [6.45, 7) is 6.31. The predicted molar refractivity (Wildman–Crippen MR) is 96.8 cm³/mol. The van der Waals surface area contributed by atoms with E-state index in [4.69, 9.17) is 4.42 Å². The van der Waals surface area contributed by atoms with E-state index in [0.29, 0.717) is 30.1 Å². The molecule has 0 atom stereocenters. The van der Waals surface area contributed by atoms with Crippen LogP contribution < -0.4 is 5.43 Å². The topological polar surface area (TPSA) is 70.7 Å². The number of fused-ring (bicyclic) bond motifs is 1. The molecule has 132 valence electrons. The van der Waals surface area contributed by atoms with Crippen LogP contribution in [0.25, 0.3) is 11.0 Å². The van der Waals surface area contributed by atoms with Gasteiger partial charge in [0.1, 0.15) is 28.2 Å². The molecule has 24 heavy (non-hydrogen) atoms. The third kappa shape index (κ3) is 4.31. The molecule has 4 nitrogen and oxygen atoms in total. The number of unbranched alkanes of at least 4 members (excludes halogenated alkanes) is 3. The summed E-state index contributed by atoms with van der Waals surface area (Å²) in [5, 5.41) is 20.8. The molecule has 0 radical (unpaired) electrons. The zero-order valence-electron chi connectivity index (χ0n) is 14.9. The monoisotopic (exact) mass is 332 g/mol. The highest BCUT2D eigenvalue weighted by Crippen LogP contribution is 2.35. The fourth-order valence-electron chi connectivity index (χ4n) is 2.91. The maximum Gasteiger partial charge on any atom is 0.196 e. The van der Waals surface area contributed by atoms with Gasteiger partial charge in [-0.2, -0.15) is 0 Å². The third-order valence-electron chi connectivity index (χ3n) is 4.37. The molecule has 0 aliphatic rings. The van der Waals surface area contributed by atoms with E-state index < -0.39 is 0 Å². The summed E-state index contributed by atoms with van der Waals surface area (Å²) in [6.07, 6.45) is 6.44. The second-order valence-corrected chi connectivity index (χ2v) is 6.92. The molecular weight excluding hydrogens is 304 g/mol. The van der Waals surface area contributed by atoms with Crippen molar-refractivity contribution in [2.75, 3.05) is 0 Å². The lowest BCUT2D eigenvalue weighted by Gasteiger charge is -2.12. The maximum atomic E-state index is 12.4. The molecule has 0 amide bonds. The van der Waals surface area contributed by atoms with E-state index >= 15 is 0 Å².